The molecule has 102 valence electrons. The molecule has 1 heterocycles. The quantitative estimate of drug-likeness (QED) is 0.870. The van der Waals surface area contributed by atoms with E-state index in [9.17, 15) is 4.79 Å². The summed E-state index contributed by atoms with van der Waals surface area (Å²) in [5, 5.41) is 12.8. The van der Waals surface area contributed by atoms with Gasteiger partial charge in [0.1, 0.15) is 4.88 Å². The lowest BCUT2D eigenvalue weighted by molar-refractivity contribution is 0.0995. The zero-order valence-electron chi connectivity index (χ0n) is 11.5. The summed E-state index contributed by atoms with van der Waals surface area (Å²) in [5.74, 6) is 0.0236. The van der Waals surface area contributed by atoms with Crippen molar-refractivity contribution in [3.63, 3.8) is 0 Å². The number of nitriles is 1. The molecule has 0 N–H and O–H groups in total. The Hall–Kier alpha value is -2.26. The van der Waals surface area contributed by atoms with Crippen molar-refractivity contribution in [3.8, 4) is 6.07 Å². The zero-order chi connectivity index (χ0) is 14.7. The van der Waals surface area contributed by atoms with Crippen LogP contribution in [-0.2, 0) is 0 Å². The van der Waals surface area contributed by atoms with E-state index < -0.39 is 0 Å². The summed E-state index contributed by atoms with van der Waals surface area (Å²) in [7, 11) is 1.70. The van der Waals surface area contributed by atoms with E-state index in [4.69, 9.17) is 5.26 Å². The molecule has 5 nitrogen and oxygen atoms in total. The lowest BCUT2D eigenvalue weighted by atomic mass is 10.1. The minimum atomic E-state index is -0.131. The van der Waals surface area contributed by atoms with Gasteiger partial charge < -0.3 is 4.90 Å². The number of anilines is 1. The standard InChI is InChI=1S/C14H14N4OS/c1-9(2)12-13(20-17-16-12)14(19)18(3)11-6-4-10(8-15)5-7-11/h4-7,9H,1-3H3. The van der Waals surface area contributed by atoms with E-state index in [-0.39, 0.29) is 11.8 Å². The average Bonchev–Trinajstić information content (AvgIpc) is 2.95. The molecular formula is C14H14N4OS. The molecule has 0 atom stereocenters. The number of amides is 1. The van der Waals surface area contributed by atoms with Crippen molar-refractivity contribution in [2.24, 2.45) is 0 Å². The zero-order valence-corrected chi connectivity index (χ0v) is 12.3. The smallest absolute Gasteiger partial charge is 0.271 e. The highest BCUT2D eigenvalue weighted by Gasteiger charge is 2.22. The molecule has 2 aromatic rings. The van der Waals surface area contributed by atoms with Crippen molar-refractivity contribution in [2.75, 3.05) is 11.9 Å². The Bertz CT molecular complexity index is 655. The first-order chi connectivity index (χ1) is 9.54. The van der Waals surface area contributed by atoms with E-state index in [1.165, 1.54) is 0 Å². The fraction of sp³-hybridized carbons (Fsp3) is 0.286. The molecule has 0 aliphatic heterocycles. The molecule has 1 amide bonds. The van der Waals surface area contributed by atoms with Gasteiger partial charge in [-0.2, -0.15) is 5.26 Å². The molecule has 1 aromatic carbocycles. The van der Waals surface area contributed by atoms with Gasteiger partial charge in [0.05, 0.1) is 17.3 Å². The molecule has 0 fully saturated rings. The first-order valence-electron chi connectivity index (χ1n) is 6.15. The molecule has 20 heavy (non-hydrogen) atoms. The van der Waals surface area contributed by atoms with Gasteiger partial charge in [-0.25, -0.2) is 0 Å². The lowest BCUT2D eigenvalue weighted by Gasteiger charge is -2.17. The number of nitrogens with zero attached hydrogens (tertiary/aromatic N) is 4. The second kappa shape index (κ2) is 5.80. The van der Waals surface area contributed by atoms with Gasteiger partial charge >= 0.3 is 0 Å². The number of carbonyl (C=O) groups excluding carboxylic acids is 1. The highest BCUT2D eigenvalue weighted by atomic mass is 32.1. The second-order valence-electron chi connectivity index (χ2n) is 4.66. The molecule has 2 rings (SSSR count). The van der Waals surface area contributed by atoms with Crippen LogP contribution in [0.4, 0.5) is 5.69 Å². The van der Waals surface area contributed by atoms with Crippen molar-refractivity contribution in [3.05, 3.63) is 40.4 Å². The van der Waals surface area contributed by atoms with Gasteiger partial charge in [0.2, 0.25) is 0 Å². The Kier molecular flexibility index (Phi) is 4.11. The predicted molar refractivity (Wildman–Crippen MR) is 77.9 cm³/mol. The molecular weight excluding hydrogens is 272 g/mol. The molecule has 0 aliphatic carbocycles. The summed E-state index contributed by atoms with van der Waals surface area (Å²) in [5.41, 5.74) is 2.02. The SMILES string of the molecule is CC(C)c1nnsc1C(=O)N(C)c1ccc(C#N)cc1. The fourth-order valence-electron chi connectivity index (χ4n) is 1.75. The van der Waals surface area contributed by atoms with Crippen LogP contribution in [-0.4, -0.2) is 22.5 Å². The van der Waals surface area contributed by atoms with E-state index in [0.717, 1.165) is 22.9 Å². The van der Waals surface area contributed by atoms with Crippen LogP contribution in [0.1, 0.15) is 40.7 Å². The Morgan fingerprint density at radius 3 is 2.55 bits per heavy atom. The van der Waals surface area contributed by atoms with Crippen molar-refractivity contribution in [2.45, 2.75) is 19.8 Å². The maximum Gasteiger partial charge on any atom is 0.271 e. The molecule has 6 heteroatoms. The summed E-state index contributed by atoms with van der Waals surface area (Å²) in [6, 6.07) is 8.93. The highest BCUT2D eigenvalue weighted by Crippen LogP contribution is 2.23. The lowest BCUT2D eigenvalue weighted by Crippen LogP contribution is -2.26. The topological polar surface area (TPSA) is 69.9 Å². The number of hydrogen-bond acceptors (Lipinski definition) is 5. The largest absolute Gasteiger partial charge is 0.311 e. The third kappa shape index (κ3) is 2.68. The van der Waals surface area contributed by atoms with Gasteiger partial charge in [-0.15, -0.1) is 5.10 Å². The van der Waals surface area contributed by atoms with Crippen molar-refractivity contribution < 1.29 is 4.79 Å². The van der Waals surface area contributed by atoms with Gasteiger partial charge in [-0.1, -0.05) is 18.3 Å². The number of carbonyl (C=O) groups is 1. The number of aromatic nitrogens is 2. The first-order valence-corrected chi connectivity index (χ1v) is 6.92. The number of rotatable bonds is 3. The highest BCUT2D eigenvalue weighted by molar-refractivity contribution is 7.08. The Labute approximate surface area is 121 Å². The summed E-state index contributed by atoms with van der Waals surface area (Å²) in [4.78, 5) is 14.6. The van der Waals surface area contributed by atoms with Crippen LogP contribution in [0.5, 0.6) is 0 Å². The molecule has 0 saturated carbocycles. The summed E-state index contributed by atoms with van der Waals surface area (Å²) in [6.45, 7) is 3.96. The van der Waals surface area contributed by atoms with Gasteiger partial charge in [0, 0.05) is 12.7 Å². The maximum atomic E-state index is 12.5. The Balaban J connectivity index is 2.28. The van der Waals surface area contributed by atoms with Crippen molar-refractivity contribution in [1.82, 2.24) is 9.59 Å². The van der Waals surface area contributed by atoms with E-state index in [2.05, 4.69) is 15.7 Å². The van der Waals surface area contributed by atoms with Crippen LogP contribution in [0.25, 0.3) is 0 Å². The van der Waals surface area contributed by atoms with Gasteiger partial charge in [0.25, 0.3) is 5.91 Å². The molecule has 0 unspecified atom stereocenters. The van der Waals surface area contributed by atoms with Crippen molar-refractivity contribution in [1.29, 1.82) is 5.26 Å². The normalized spacial score (nSPS) is 10.3. The average molecular weight is 286 g/mol. The number of benzene rings is 1. The molecule has 1 aromatic heterocycles. The molecule has 0 saturated heterocycles. The van der Waals surface area contributed by atoms with Crippen molar-refractivity contribution >= 4 is 23.1 Å². The molecule has 0 radical (unpaired) electrons. The van der Waals surface area contributed by atoms with Gasteiger partial charge in [-0.3, -0.25) is 4.79 Å². The maximum absolute atomic E-state index is 12.5. The van der Waals surface area contributed by atoms with Crippen LogP contribution in [0.2, 0.25) is 0 Å². The Morgan fingerprint density at radius 2 is 2.00 bits per heavy atom. The van der Waals surface area contributed by atoms with Crippen LogP contribution in [0.3, 0.4) is 0 Å². The summed E-state index contributed by atoms with van der Waals surface area (Å²) >= 11 is 1.11. The molecule has 0 bridgehead atoms. The summed E-state index contributed by atoms with van der Waals surface area (Å²) < 4.78 is 3.87. The minimum Gasteiger partial charge on any atom is -0.311 e. The minimum absolute atomic E-state index is 0.131. The van der Waals surface area contributed by atoms with Gasteiger partial charge in [0.15, 0.2) is 0 Å². The second-order valence-corrected chi connectivity index (χ2v) is 5.42. The van der Waals surface area contributed by atoms with Crippen LogP contribution in [0, 0.1) is 11.3 Å². The van der Waals surface area contributed by atoms with Gasteiger partial charge in [-0.05, 0) is 41.7 Å². The first kappa shape index (κ1) is 14.2. The number of hydrogen-bond donors (Lipinski definition) is 0. The van der Waals surface area contributed by atoms with Crippen LogP contribution in [0.15, 0.2) is 24.3 Å². The third-order valence-corrected chi connectivity index (χ3v) is 3.67. The van der Waals surface area contributed by atoms with E-state index in [0.29, 0.717) is 10.4 Å². The Morgan fingerprint density at radius 1 is 1.35 bits per heavy atom. The van der Waals surface area contributed by atoms with E-state index in [1.807, 2.05) is 13.8 Å². The van der Waals surface area contributed by atoms with Crippen LogP contribution >= 0.6 is 11.5 Å². The van der Waals surface area contributed by atoms with Crippen LogP contribution < -0.4 is 4.90 Å². The summed E-state index contributed by atoms with van der Waals surface area (Å²) in [6.07, 6.45) is 0. The molecule has 0 spiro atoms. The predicted octanol–water partition coefficient (Wildman–Crippen LogP) is 2.81. The van der Waals surface area contributed by atoms with E-state index >= 15 is 0 Å². The van der Waals surface area contributed by atoms with E-state index in [1.54, 1.807) is 36.2 Å². The monoisotopic (exact) mass is 286 g/mol. The fourth-order valence-corrected chi connectivity index (χ4v) is 2.55. The molecule has 0 aliphatic rings. The third-order valence-electron chi connectivity index (χ3n) is 2.94.